The molecule has 0 aromatic heterocycles. The molecule has 0 aliphatic heterocycles. The van der Waals surface area contributed by atoms with Crippen molar-refractivity contribution in [2.45, 2.75) is 64.6 Å². The summed E-state index contributed by atoms with van der Waals surface area (Å²) in [5.41, 5.74) is 0.596. The highest BCUT2D eigenvalue weighted by atomic mass is 16.5. The molecule has 0 heterocycles. The van der Waals surface area contributed by atoms with E-state index < -0.39 is 11.6 Å². The second-order valence-corrected chi connectivity index (χ2v) is 8.72. The Kier molecular flexibility index (Phi) is 4.91. The Labute approximate surface area is 155 Å². The standard InChI is InChI=1S/C22H30O4/c1-14(2)22(25)12-11-21(4)10-9-15(3)13-18(19(21)22)26-20(24)16-5-7-17(23)8-6-16/h5-8,14,18-19,23,25H,3,9-13H2,1-2,4H3/t18-,19+,21-,22+/m0/s1. The number of phenolic OH excluding ortho intramolecular Hbond substituents is 1. The van der Waals surface area contributed by atoms with Gasteiger partial charge >= 0.3 is 5.97 Å². The molecule has 142 valence electrons. The largest absolute Gasteiger partial charge is 0.508 e. The summed E-state index contributed by atoms with van der Waals surface area (Å²) >= 11 is 0. The van der Waals surface area contributed by atoms with Crippen LogP contribution in [0.2, 0.25) is 0 Å². The molecular formula is C22H30O4. The number of carbonyl (C=O) groups excluding carboxylic acids is 1. The molecule has 0 unspecified atom stereocenters. The van der Waals surface area contributed by atoms with Crippen LogP contribution in [0.4, 0.5) is 0 Å². The predicted octanol–water partition coefficient (Wildman–Crippen LogP) is 4.46. The van der Waals surface area contributed by atoms with Gasteiger partial charge in [0.1, 0.15) is 11.9 Å². The molecule has 0 saturated heterocycles. The number of hydrogen-bond acceptors (Lipinski definition) is 4. The van der Waals surface area contributed by atoms with Crippen LogP contribution in [0.15, 0.2) is 36.4 Å². The fourth-order valence-electron chi connectivity index (χ4n) is 4.98. The number of phenols is 1. The van der Waals surface area contributed by atoms with E-state index in [1.165, 1.54) is 12.1 Å². The molecular weight excluding hydrogens is 328 g/mol. The van der Waals surface area contributed by atoms with E-state index in [4.69, 9.17) is 4.74 Å². The molecule has 2 fully saturated rings. The Bertz CT molecular complexity index is 693. The minimum Gasteiger partial charge on any atom is -0.508 e. The molecule has 1 aromatic carbocycles. The Morgan fingerprint density at radius 3 is 2.50 bits per heavy atom. The topological polar surface area (TPSA) is 66.8 Å². The number of hydrogen-bond donors (Lipinski definition) is 2. The van der Waals surface area contributed by atoms with Gasteiger partial charge in [0, 0.05) is 12.3 Å². The van der Waals surface area contributed by atoms with E-state index in [0.29, 0.717) is 12.0 Å². The average Bonchev–Trinajstić information content (AvgIpc) is 2.78. The molecule has 0 spiro atoms. The SMILES string of the molecule is C=C1CC[C@@]2(C)CC[C@@](O)(C(C)C)[C@@H]2[C@@H](OC(=O)c2ccc(O)cc2)C1. The van der Waals surface area contributed by atoms with Crippen molar-refractivity contribution in [2.75, 3.05) is 0 Å². The first-order valence-electron chi connectivity index (χ1n) is 9.55. The van der Waals surface area contributed by atoms with Gasteiger partial charge in [0.05, 0.1) is 11.2 Å². The summed E-state index contributed by atoms with van der Waals surface area (Å²) in [5, 5.41) is 20.9. The number of rotatable bonds is 3. The maximum Gasteiger partial charge on any atom is 0.338 e. The van der Waals surface area contributed by atoms with Crippen LogP contribution in [0.3, 0.4) is 0 Å². The molecule has 0 radical (unpaired) electrons. The normalized spacial score (nSPS) is 34.4. The van der Waals surface area contributed by atoms with Crippen molar-refractivity contribution in [1.29, 1.82) is 0 Å². The summed E-state index contributed by atoms with van der Waals surface area (Å²) < 4.78 is 5.95. The van der Waals surface area contributed by atoms with Crippen molar-refractivity contribution in [1.82, 2.24) is 0 Å². The van der Waals surface area contributed by atoms with Gasteiger partial charge in [-0.3, -0.25) is 0 Å². The predicted molar refractivity (Wildman–Crippen MR) is 101 cm³/mol. The lowest BCUT2D eigenvalue weighted by Crippen LogP contribution is -2.50. The number of aromatic hydroxyl groups is 1. The molecule has 3 rings (SSSR count). The number of ether oxygens (including phenoxy) is 1. The van der Waals surface area contributed by atoms with Crippen LogP contribution < -0.4 is 0 Å². The minimum absolute atomic E-state index is 0.0572. The second kappa shape index (κ2) is 6.73. The zero-order valence-electron chi connectivity index (χ0n) is 16.0. The van der Waals surface area contributed by atoms with Crippen LogP contribution in [0.5, 0.6) is 5.75 Å². The van der Waals surface area contributed by atoms with Gasteiger partial charge in [0.25, 0.3) is 0 Å². The maximum atomic E-state index is 12.7. The van der Waals surface area contributed by atoms with Crippen molar-refractivity contribution in [3.8, 4) is 5.75 Å². The summed E-state index contributed by atoms with van der Waals surface area (Å²) in [6.45, 7) is 10.5. The summed E-state index contributed by atoms with van der Waals surface area (Å²) in [6, 6.07) is 6.08. The Morgan fingerprint density at radius 2 is 1.88 bits per heavy atom. The van der Waals surface area contributed by atoms with Gasteiger partial charge in [-0.25, -0.2) is 4.79 Å². The van der Waals surface area contributed by atoms with Crippen LogP contribution in [0.1, 0.15) is 63.2 Å². The first kappa shape index (κ1) is 19.0. The summed E-state index contributed by atoms with van der Waals surface area (Å²) in [7, 11) is 0. The number of aliphatic hydroxyl groups is 1. The highest BCUT2D eigenvalue weighted by Crippen LogP contribution is 2.58. The summed E-state index contributed by atoms with van der Waals surface area (Å²) in [4.78, 5) is 12.7. The molecule has 0 amide bonds. The molecule has 2 aliphatic rings. The van der Waals surface area contributed by atoms with Gasteiger partial charge in [-0.2, -0.15) is 0 Å². The van der Waals surface area contributed by atoms with Crippen LogP contribution in [0, 0.1) is 17.3 Å². The molecule has 4 nitrogen and oxygen atoms in total. The quantitative estimate of drug-likeness (QED) is 0.618. The first-order chi connectivity index (χ1) is 12.2. The van der Waals surface area contributed by atoms with Crippen LogP contribution in [-0.2, 0) is 4.74 Å². The maximum absolute atomic E-state index is 12.7. The lowest BCUT2D eigenvalue weighted by molar-refractivity contribution is -0.112. The average molecular weight is 358 g/mol. The zero-order valence-corrected chi connectivity index (χ0v) is 16.0. The molecule has 26 heavy (non-hydrogen) atoms. The number of esters is 1. The van der Waals surface area contributed by atoms with Crippen molar-refractivity contribution < 1.29 is 19.7 Å². The summed E-state index contributed by atoms with van der Waals surface area (Å²) in [6.07, 6.45) is 3.77. The van der Waals surface area contributed by atoms with E-state index in [0.717, 1.165) is 31.3 Å². The van der Waals surface area contributed by atoms with Gasteiger partial charge in [-0.05, 0) is 61.3 Å². The molecule has 2 aliphatic carbocycles. The molecule has 4 heteroatoms. The van der Waals surface area contributed by atoms with Gasteiger partial charge < -0.3 is 14.9 Å². The van der Waals surface area contributed by atoms with E-state index in [2.05, 4.69) is 13.5 Å². The fourth-order valence-corrected chi connectivity index (χ4v) is 4.98. The third-order valence-corrected chi connectivity index (χ3v) is 6.66. The molecule has 0 bridgehead atoms. The lowest BCUT2D eigenvalue weighted by atomic mass is 9.68. The third kappa shape index (κ3) is 3.27. The third-order valence-electron chi connectivity index (χ3n) is 6.66. The number of benzene rings is 1. The number of fused-ring (bicyclic) bond motifs is 1. The highest BCUT2D eigenvalue weighted by Gasteiger charge is 2.59. The van der Waals surface area contributed by atoms with Crippen molar-refractivity contribution in [3.63, 3.8) is 0 Å². The van der Waals surface area contributed by atoms with Gasteiger partial charge in [-0.15, -0.1) is 0 Å². The van der Waals surface area contributed by atoms with E-state index in [9.17, 15) is 15.0 Å². The van der Waals surface area contributed by atoms with Gasteiger partial charge in [0.15, 0.2) is 0 Å². The van der Waals surface area contributed by atoms with E-state index >= 15 is 0 Å². The van der Waals surface area contributed by atoms with E-state index in [1.807, 2.05) is 13.8 Å². The van der Waals surface area contributed by atoms with Crippen LogP contribution in [0.25, 0.3) is 0 Å². The van der Waals surface area contributed by atoms with Crippen molar-refractivity contribution in [3.05, 3.63) is 42.0 Å². The van der Waals surface area contributed by atoms with Gasteiger partial charge in [-0.1, -0.05) is 32.9 Å². The van der Waals surface area contributed by atoms with E-state index in [-0.39, 0.29) is 29.1 Å². The molecule has 2 saturated carbocycles. The van der Waals surface area contributed by atoms with Crippen LogP contribution >= 0.6 is 0 Å². The summed E-state index contributed by atoms with van der Waals surface area (Å²) in [5.74, 6) is -0.308. The Hall–Kier alpha value is -1.81. The smallest absolute Gasteiger partial charge is 0.338 e. The monoisotopic (exact) mass is 358 g/mol. The highest BCUT2D eigenvalue weighted by molar-refractivity contribution is 5.89. The fraction of sp³-hybridized carbons (Fsp3) is 0.591. The van der Waals surface area contributed by atoms with Crippen molar-refractivity contribution in [2.24, 2.45) is 17.3 Å². The molecule has 2 N–H and O–H groups in total. The lowest BCUT2D eigenvalue weighted by Gasteiger charge is -2.43. The molecule has 4 atom stereocenters. The van der Waals surface area contributed by atoms with Gasteiger partial charge in [0.2, 0.25) is 0 Å². The molecule has 1 aromatic rings. The Morgan fingerprint density at radius 1 is 1.23 bits per heavy atom. The zero-order chi connectivity index (χ0) is 19.1. The number of carbonyl (C=O) groups is 1. The first-order valence-corrected chi connectivity index (χ1v) is 9.55. The minimum atomic E-state index is -0.834. The van der Waals surface area contributed by atoms with E-state index in [1.54, 1.807) is 12.1 Å². The Balaban J connectivity index is 1.92. The van der Waals surface area contributed by atoms with Crippen LogP contribution in [-0.4, -0.2) is 27.9 Å². The second-order valence-electron chi connectivity index (χ2n) is 8.72. The van der Waals surface area contributed by atoms with Crippen molar-refractivity contribution >= 4 is 5.97 Å².